The average Bonchev–Trinajstić information content (AvgIpc) is 3.31. The second-order valence-corrected chi connectivity index (χ2v) is 7.20. The molecule has 1 aromatic carbocycles. The lowest BCUT2D eigenvalue weighted by atomic mass is 10.1. The number of nitrogens with zero attached hydrogens (tertiary/aromatic N) is 4. The molecule has 0 radical (unpaired) electrons. The van der Waals surface area contributed by atoms with Crippen molar-refractivity contribution >= 4 is 33.8 Å². The van der Waals surface area contributed by atoms with Gasteiger partial charge in [-0.25, -0.2) is 14.8 Å². The Bertz CT molecular complexity index is 1050. The first-order valence-corrected chi connectivity index (χ1v) is 9.26. The SMILES string of the molecule is C[C@H]1COCc2nc3c(N)nc4ccc(OC(=O)N5CCCC5)cc4c3n21. The minimum Gasteiger partial charge on any atom is -0.410 e. The van der Waals surface area contributed by atoms with Gasteiger partial charge in [0, 0.05) is 18.5 Å². The Morgan fingerprint density at radius 1 is 1.30 bits per heavy atom. The Morgan fingerprint density at radius 3 is 2.93 bits per heavy atom. The van der Waals surface area contributed by atoms with Crippen molar-refractivity contribution in [1.82, 2.24) is 19.4 Å². The highest BCUT2D eigenvalue weighted by molar-refractivity contribution is 6.07. The summed E-state index contributed by atoms with van der Waals surface area (Å²) in [4.78, 5) is 23.2. The molecule has 140 valence electrons. The van der Waals surface area contributed by atoms with E-state index in [1.54, 1.807) is 11.0 Å². The summed E-state index contributed by atoms with van der Waals surface area (Å²) < 4.78 is 13.4. The molecule has 2 N–H and O–H groups in total. The van der Waals surface area contributed by atoms with Crippen LogP contribution >= 0.6 is 0 Å². The Morgan fingerprint density at radius 2 is 2.11 bits per heavy atom. The summed E-state index contributed by atoms with van der Waals surface area (Å²) in [6.07, 6.45) is 1.75. The first-order chi connectivity index (χ1) is 13.1. The van der Waals surface area contributed by atoms with Gasteiger partial charge in [0.2, 0.25) is 0 Å². The van der Waals surface area contributed by atoms with Crippen molar-refractivity contribution < 1.29 is 14.3 Å². The number of aromatic nitrogens is 3. The van der Waals surface area contributed by atoms with Crippen molar-refractivity contribution in [3.05, 3.63) is 24.0 Å². The molecule has 1 atom stereocenters. The van der Waals surface area contributed by atoms with Gasteiger partial charge in [-0.3, -0.25) is 0 Å². The summed E-state index contributed by atoms with van der Waals surface area (Å²) in [7, 11) is 0. The van der Waals surface area contributed by atoms with Crippen LogP contribution in [0.15, 0.2) is 18.2 Å². The third kappa shape index (κ3) is 2.59. The topological polar surface area (TPSA) is 95.5 Å². The predicted molar refractivity (Wildman–Crippen MR) is 101 cm³/mol. The standard InChI is InChI=1S/C19H21N5O3/c1-11-9-26-10-15-22-16-17(24(11)15)13-8-12(4-5-14(13)21-18(16)20)27-19(25)23-6-2-3-7-23/h4-5,8,11H,2-3,6-7,9-10H2,1H3,(H2,20,21)/t11-/m0/s1. The molecule has 8 nitrogen and oxygen atoms in total. The smallest absolute Gasteiger partial charge is 0.410 e. The van der Waals surface area contributed by atoms with Crippen molar-refractivity contribution in [1.29, 1.82) is 0 Å². The zero-order chi connectivity index (χ0) is 18.5. The number of benzene rings is 1. The Balaban J connectivity index is 1.64. The maximum absolute atomic E-state index is 12.3. The van der Waals surface area contributed by atoms with E-state index in [4.69, 9.17) is 15.2 Å². The summed E-state index contributed by atoms with van der Waals surface area (Å²) >= 11 is 0. The Kier molecular flexibility index (Phi) is 3.68. The molecule has 2 aliphatic heterocycles. The molecule has 1 amide bonds. The van der Waals surface area contributed by atoms with Crippen LogP contribution in [0.2, 0.25) is 0 Å². The number of rotatable bonds is 1. The number of carbonyl (C=O) groups excluding carboxylic acids is 1. The quantitative estimate of drug-likeness (QED) is 0.710. The fraction of sp³-hybridized carbons (Fsp3) is 0.421. The number of fused-ring (bicyclic) bond motifs is 5. The van der Waals surface area contributed by atoms with Gasteiger partial charge in [-0.15, -0.1) is 0 Å². The van der Waals surface area contributed by atoms with Crippen LogP contribution in [-0.2, 0) is 11.3 Å². The zero-order valence-electron chi connectivity index (χ0n) is 15.1. The van der Waals surface area contributed by atoms with Crippen LogP contribution < -0.4 is 10.5 Å². The lowest BCUT2D eigenvalue weighted by Gasteiger charge is -2.23. The Hall–Kier alpha value is -2.87. The summed E-state index contributed by atoms with van der Waals surface area (Å²) in [6, 6.07) is 5.59. The summed E-state index contributed by atoms with van der Waals surface area (Å²) in [5.41, 5.74) is 8.50. The number of hydrogen-bond acceptors (Lipinski definition) is 6. The predicted octanol–water partition coefficient (Wildman–Crippen LogP) is 2.85. The lowest BCUT2D eigenvalue weighted by Crippen LogP contribution is -2.30. The fourth-order valence-electron chi connectivity index (χ4n) is 4.00. The zero-order valence-corrected chi connectivity index (χ0v) is 15.1. The monoisotopic (exact) mass is 367 g/mol. The van der Waals surface area contributed by atoms with Gasteiger partial charge in [0.1, 0.15) is 23.7 Å². The van der Waals surface area contributed by atoms with Crippen LogP contribution in [0, 0.1) is 0 Å². The molecule has 0 aliphatic carbocycles. The second-order valence-electron chi connectivity index (χ2n) is 7.20. The van der Waals surface area contributed by atoms with E-state index in [0.717, 1.165) is 48.2 Å². The molecule has 0 unspecified atom stereocenters. The first-order valence-electron chi connectivity index (χ1n) is 9.26. The largest absolute Gasteiger partial charge is 0.415 e. The molecule has 0 saturated carbocycles. The highest BCUT2D eigenvalue weighted by Gasteiger charge is 2.25. The van der Waals surface area contributed by atoms with Gasteiger partial charge >= 0.3 is 6.09 Å². The van der Waals surface area contributed by atoms with E-state index >= 15 is 0 Å². The van der Waals surface area contributed by atoms with Crippen LogP contribution in [0.3, 0.4) is 0 Å². The number of imidazole rings is 1. The molecule has 2 aromatic heterocycles. The van der Waals surface area contributed by atoms with Crippen molar-refractivity contribution in [2.45, 2.75) is 32.4 Å². The molecular formula is C19H21N5O3. The van der Waals surface area contributed by atoms with Crippen LogP contribution in [0.25, 0.3) is 21.9 Å². The first kappa shape index (κ1) is 16.3. The molecule has 4 heterocycles. The molecule has 5 rings (SSSR count). The summed E-state index contributed by atoms with van der Waals surface area (Å²) in [5, 5.41) is 0.874. The van der Waals surface area contributed by atoms with Crippen molar-refractivity contribution in [2.75, 3.05) is 25.4 Å². The van der Waals surface area contributed by atoms with Gasteiger partial charge in [-0.05, 0) is 38.0 Å². The molecule has 1 fully saturated rings. The molecular weight excluding hydrogens is 346 g/mol. The summed E-state index contributed by atoms with van der Waals surface area (Å²) in [5.74, 6) is 1.74. The van der Waals surface area contributed by atoms with Gasteiger partial charge < -0.3 is 24.7 Å². The van der Waals surface area contributed by atoms with Gasteiger partial charge in [-0.1, -0.05) is 0 Å². The normalized spacial score (nSPS) is 19.6. The molecule has 2 aliphatic rings. The molecule has 0 spiro atoms. The van der Waals surface area contributed by atoms with E-state index in [2.05, 4.69) is 21.5 Å². The molecule has 1 saturated heterocycles. The minimum absolute atomic E-state index is 0.138. The van der Waals surface area contributed by atoms with E-state index < -0.39 is 0 Å². The number of ether oxygens (including phenoxy) is 2. The number of nitrogens with two attached hydrogens (primary N) is 1. The van der Waals surface area contributed by atoms with E-state index in [1.165, 1.54) is 0 Å². The lowest BCUT2D eigenvalue weighted by molar-refractivity contribution is 0.0622. The number of amides is 1. The molecule has 27 heavy (non-hydrogen) atoms. The van der Waals surface area contributed by atoms with Gasteiger partial charge in [-0.2, -0.15) is 0 Å². The fourth-order valence-corrected chi connectivity index (χ4v) is 4.00. The summed E-state index contributed by atoms with van der Waals surface area (Å²) in [6.45, 7) is 4.66. The van der Waals surface area contributed by atoms with Crippen LogP contribution in [0.5, 0.6) is 5.75 Å². The number of carbonyl (C=O) groups is 1. The highest BCUT2D eigenvalue weighted by atomic mass is 16.6. The molecule has 8 heteroatoms. The van der Waals surface area contributed by atoms with Crippen molar-refractivity contribution in [3.8, 4) is 5.75 Å². The van der Waals surface area contributed by atoms with E-state index in [0.29, 0.717) is 30.3 Å². The van der Waals surface area contributed by atoms with E-state index in [-0.39, 0.29) is 12.1 Å². The number of nitrogen functional groups attached to an aromatic ring is 1. The maximum Gasteiger partial charge on any atom is 0.415 e. The van der Waals surface area contributed by atoms with Gasteiger partial charge in [0.15, 0.2) is 5.82 Å². The number of anilines is 1. The highest BCUT2D eigenvalue weighted by Crippen LogP contribution is 2.34. The van der Waals surface area contributed by atoms with E-state index in [1.807, 2.05) is 12.1 Å². The minimum atomic E-state index is -0.302. The van der Waals surface area contributed by atoms with E-state index in [9.17, 15) is 4.79 Å². The molecule has 3 aromatic rings. The number of pyridine rings is 1. The maximum atomic E-state index is 12.3. The van der Waals surface area contributed by atoms with Crippen LogP contribution in [0.4, 0.5) is 10.6 Å². The van der Waals surface area contributed by atoms with Crippen molar-refractivity contribution in [2.24, 2.45) is 0 Å². The number of likely N-dealkylation sites (tertiary alicyclic amines) is 1. The second kappa shape index (κ2) is 6.09. The number of hydrogen-bond donors (Lipinski definition) is 1. The van der Waals surface area contributed by atoms with Crippen molar-refractivity contribution in [3.63, 3.8) is 0 Å². The van der Waals surface area contributed by atoms with Crippen LogP contribution in [0.1, 0.15) is 31.6 Å². The Labute approximate surface area is 155 Å². The average molecular weight is 367 g/mol. The third-order valence-electron chi connectivity index (χ3n) is 5.29. The van der Waals surface area contributed by atoms with Gasteiger partial charge in [0.05, 0.1) is 23.7 Å². The van der Waals surface area contributed by atoms with Crippen LogP contribution in [-0.4, -0.2) is 45.2 Å². The van der Waals surface area contributed by atoms with Gasteiger partial charge in [0.25, 0.3) is 0 Å². The third-order valence-corrected chi connectivity index (χ3v) is 5.29. The molecule has 0 bridgehead atoms.